The molecule has 22 heavy (non-hydrogen) atoms. The van der Waals surface area contributed by atoms with Gasteiger partial charge in [0.25, 0.3) is 15.9 Å². The predicted octanol–water partition coefficient (Wildman–Crippen LogP) is 1.80. The van der Waals surface area contributed by atoms with Crippen molar-refractivity contribution in [2.75, 3.05) is 14.2 Å². The van der Waals surface area contributed by atoms with Gasteiger partial charge in [0.1, 0.15) is 16.4 Å². The van der Waals surface area contributed by atoms with Crippen LogP contribution in [-0.2, 0) is 10.0 Å². The fourth-order valence-corrected chi connectivity index (χ4v) is 3.53. The Morgan fingerprint density at radius 2 is 1.73 bits per heavy atom. The third-order valence-electron chi connectivity index (χ3n) is 3.46. The molecule has 1 heterocycles. The highest BCUT2D eigenvalue weighted by molar-refractivity contribution is 7.90. The maximum absolute atomic E-state index is 11.8. The summed E-state index contributed by atoms with van der Waals surface area (Å²) in [7, 11) is -0.646. The van der Waals surface area contributed by atoms with Crippen molar-refractivity contribution in [2.45, 2.75) is 4.90 Å². The number of rotatable bonds is 3. The number of amides is 1. The molecule has 1 amide bonds. The smallest absolute Gasteiger partial charge is 0.266 e. The fraction of sp³-hybridized carbons (Fsp3) is 0.133. The summed E-state index contributed by atoms with van der Waals surface area (Å²) >= 11 is 0. The fourth-order valence-electron chi connectivity index (χ4n) is 2.38. The molecule has 1 N–H and O–H groups in total. The minimum atomic E-state index is -3.73. The summed E-state index contributed by atoms with van der Waals surface area (Å²) in [4.78, 5) is 11.8. The number of hydrogen-bond acceptors (Lipinski definition) is 5. The van der Waals surface area contributed by atoms with Gasteiger partial charge in [0.15, 0.2) is 0 Å². The Labute approximate surface area is 127 Å². The van der Waals surface area contributed by atoms with Gasteiger partial charge in [-0.05, 0) is 29.8 Å². The zero-order valence-corrected chi connectivity index (χ0v) is 12.7. The molecule has 7 heteroatoms. The first kappa shape index (κ1) is 14.4. The second kappa shape index (κ2) is 5.03. The van der Waals surface area contributed by atoms with Gasteiger partial charge in [0, 0.05) is 11.6 Å². The zero-order valence-electron chi connectivity index (χ0n) is 11.9. The number of fused-ring (bicyclic) bond motifs is 1. The number of ether oxygens (including phenoxy) is 2. The molecule has 0 aliphatic carbocycles. The quantitative estimate of drug-likeness (QED) is 0.933. The number of sulfonamides is 1. The lowest BCUT2D eigenvalue weighted by atomic mass is 10.0. The summed E-state index contributed by atoms with van der Waals surface area (Å²) in [5.41, 5.74) is 1.56. The molecule has 0 saturated heterocycles. The van der Waals surface area contributed by atoms with E-state index in [-0.39, 0.29) is 10.5 Å². The second-order valence-corrected chi connectivity index (χ2v) is 6.36. The number of carbonyl (C=O) groups is 1. The van der Waals surface area contributed by atoms with Crippen molar-refractivity contribution in [1.82, 2.24) is 4.72 Å². The van der Waals surface area contributed by atoms with Crippen LogP contribution in [0.5, 0.6) is 11.5 Å². The number of nitrogens with one attached hydrogen (secondary N) is 1. The van der Waals surface area contributed by atoms with E-state index in [0.29, 0.717) is 17.1 Å². The van der Waals surface area contributed by atoms with Gasteiger partial charge in [-0.1, -0.05) is 6.07 Å². The summed E-state index contributed by atoms with van der Waals surface area (Å²) in [6.45, 7) is 0. The monoisotopic (exact) mass is 319 g/mol. The van der Waals surface area contributed by atoms with E-state index in [1.807, 2.05) is 4.72 Å². The van der Waals surface area contributed by atoms with Crippen LogP contribution in [-0.4, -0.2) is 28.5 Å². The molecule has 114 valence electrons. The van der Waals surface area contributed by atoms with Gasteiger partial charge in [-0.3, -0.25) is 4.79 Å². The lowest BCUT2D eigenvalue weighted by Crippen LogP contribution is -2.20. The molecule has 2 aromatic carbocycles. The van der Waals surface area contributed by atoms with Crippen LogP contribution in [0.15, 0.2) is 41.3 Å². The number of methoxy groups -OCH3 is 2. The second-order valence-electron chi connectivity index (χ2n) is 4.71. The molecule has 0 aromatic heterocycles. The Hall–Kier alpha value is -2.54. The maximum Gasteiger partial charge on any atom is 0.266 e. The summed E-state index contributed by atoms with van der Waals surface area (Å²) in [6.07, 6.45) is 0. The van der Waals surface area contributed by atoms with E-state index in [4.69, 9.17) is 9.47 Å². The van der Waals surface area contributed by atoms with Crippen molar-refractivity contribution in [3.63, 3.8) is 0 Å². The minimum absolute atomic E-state index is 0.00581. The lowest BCUT2D eigenvalue weighted by molar-refractivity contribution is 0.0985. The van der Waals surface area contributed by atoms with Gasteiger partial charge < -0.3 is 9.47 Å². The van der Waals surface area contributed by atoms with Gasteiger partial charge in [-0.2, -0.15) is 0 Å². The van der Waals surface area contributed by atoms with E-state index in [0.717, 1.165) is 5.56 Å². The van der Waals surface area contributed by atoms with Crippen molar-refractivity contribution < 1.29 is 22.7 Å². The standard InChI is InChI=1S/C15H13NO5S/c1-20-10-4-5-11(13(8-10)21-2)9-3-6-14-12(7-9)15(17)16-22(14,18)19/h3-8H,1-2H3,(H,16,17). The molecule has 0 spiro atoms. The molecule has 0 atom stereocenters. The molecule has 0 fully saturated rings. The van der Waals surface area contributed by atoms with Crippen molar-refractivity contribution in [3.8, 4) is 22.6 Å². The van der Waals surface area contributed by atoms with Crippen LogP contribution in [0.3, 0.4) is 0 Å². The first-order chi connectivity index (χ1) is 10.5. The Bertz CT molecular complexity index is 873. The normalized spacial score (nSPS) is 15.1. The van der Waals surface area contributed by atoms with E-state index in [2.05, 4.69) is 0 Å². The largest absolute Gasteiger partial charge is 0.497 e. The van der Waals surface area contributed by atoms with E-state index in [9.17, 15) is 13.2 Å². The Kier molecular flexibility index (Phi) is 3.29. The maximum atomic E-state index is 11.8. The van der Waals surface area contributed by atoms with Crippen LogP contribution in [0.2, 0.25) is 0 Å². The van der Waals surface area contributed by atoms with Crippen LogP contribution in [0.4, 0.5) is 0 Å². The molecule has 0 bridgehead atoms. The van der Waals surface area contributed by atoms with Crippen molar-refractivity contribution in [1.29, 1.82) is 0 Å². The summed E-state index contributed by atoms with van der Waals surface area (Å²) in [5.74, 6) is 0.590. The highest BCUT2D eigenvalue weighted by atomic mass is 32.2. The van der Waals surface area contributed by atoms with Gasteiger partial charge in [0.2, 0.25) is 0 Å². The molecule has 0 radical (unpaired) electrons. The SMILES string of the molecule is COc1ccc(-c2ccc3c(c2)C(=O)NS3(=O)=O)c(OC)c1. The molecule has 3 rings (SSSR count). The number of benzene rings is 2. The number of hydrogen-bond donors (Lipinski definition) is 1. The molecule has 1 aliphatic heterocycles. The highest BCUT2D eigenvalue weighted by Crippen LogP contribution is 2.35. The van der Waals surface area contributed by atoms with Crippen LogP contribution in [0, 0.1) is 0 Å². The van der Waals surface area contributed by atoms with E-state index in [1.165, 1.54) is 13.2 Å². The van der Waals surface area contributed by atoms with E-state index < -0.39 is 15.9 Å². The molecule has 2 aromatic rings. The zero-order chi connectivity index (χ0) is 15.9. The van der Waals surface area contributed by atoms with Crippen LogP contribution < -0.4 is 14.2 Å². The molecule has 0 saturated carbocycles. The third kappa shape index (κ3) is 2.19. The van der Waals surface area contributed by atoms with Crippen molar-refractivity contribution in [2.24, 2.45) is 0 Å². The first-order valence-electron chi connectivity index (χ1n) is 6.40. The van der Waals surface area contributed by atoms with E-state index >= 15 is 0 Å². The summed E-state index contributed by atoms with van der Waals surface area (Å²) in [6, 6.07) is 9.88. The molecule has 6 nitrogen and oxygen atoms in total. The third-order valence-corrected chi connectivity index (χ3v) is 4.85. The average Bonchev–Trinajstić information content (AvgIpc) is 2.75. The summed E-state index contributed by atoms with van der Waals surface area (Å²) in [5, 5.41) is 0. The topological polar surface area (TPSA) is 81.7 Å². The van der Waals surface area contributed by atoms with Crippen molar-refractivity contribution >= 4 is 15.9 Å². The van der Waals surface area contributed by atoms with Crippen molar-refractivity contribution in [3.05, 3.63) is 42.0 Å². The molecular formula is C15H13NO5S. The van der Waals surface area contributed by atoms with Crippen LogP contribution in [0.25, 0.3) is 11.1 Å². The average molecular weight is 319 g/mol. The van der Waals surface area contributed by atoms with Crippen LogP contribution in [0.1, 0.15) is 10.4 Å². The van der Waals surface area contributed by atoms with Gasteiger partial charge in [-0.15, -0.1) is 0 Å². The Balaban J connectivity index is 2.16. The molecule has 1 aliphatic rings. The number of carbonyl (C=O) groups excluding carboxylic acids is 1. The minimum Gasteiger partial charge on any atom is -0.497 e. The van der Waals surface area contributed by atoms with Gasteiger partial charge in [0.05, 0.1) is 19.8 Å². The van der Waals surface area contributed by atoms with E-state index in [1.54, 1.807) is 37.4 Å². The molecule has 0 unspecified atom stereocenters. The predicted molar refractivity (Wildman–Crippen MR) is 79.6 cm³/mol. The summed E-state index contributed by atoms with van der Waals surface area (Å²) < 4.78 is 35.9. The van der Waals surface area contributed by atoms with Gasteiger partial charge in [-0.25, -0.2) is 13.1 Å². The Morgan fingerprint density at radius 3 is 2.41 bits per heavy atom. The lowest BCUT2D eigenvalue weighted by Gasteiger charge is -2.11. The Morgan fingerprint density at radius 1 is 0.955 bits per heavy atom. The first-order valence-corrected chi connectivity index (χ1v) is 7.88. The molecular weight excluding hydrogens is 306 g/mol. The van der Waals surface area contributed by atoms with Gasteiger partial charge >= 0.3 is 0 Å². The highest BCUT2D eigenvalue weighted by Gasteiger charge is 2.32. The van der Waals surface area contributed by atoms with Crippen LogP contribution >= 0.6 is 0 Å².